The van der Waals surface area contributed by atoms with Gasteiger partial charge in [0.25, 0.3) is 0 Å². The molecule has 0 aromatic carbocycles. The topological polar surface area (TPSA) is 59.5 Å². The summed E-state index contributed by atoms with van der Waals surface area (Å²) in [5.74, 6) is 2.30. The van der Waals surface area contributed by atoms with Crippen LogP contribution in [-0.2, 0) is 11.2 Å². The van der Waals surface area contributed by atoms with E-state index in [0.717, 1.165) is 63.9 Å². The minimum atomic E-state index is 0.623. The molecule has 0 saturated carbocycles. The monoisotopic (exact) mass is 280 g/mol. The van der Waals surface area contributed by atoms with Crippen LogP contribution in [0.15, 0.2) is 6.07 Å². The van der Waals surface area contributed by atoms with Crippen molar-refractivity contribution in [3.8, 4) is 5.88 Å². The fourth-order valence-corrected chi connectivity index (χ4v) is 2.17. The van der Waals surface area contributed by atoms with Crippen LogP contribution >= 0.6 is 0 Å². The van der Waals surface area contributed by atoms with E-state index in [4.69, 9.17) is 9.47 Å². The summed E-state index contributed by atoms with van der Waals surface area (Å²) in [6.07, 6.45) is 1.90. The van der Waals surface area contributed by atoms with Crippen molar-refractivity contribution in [3.63, 3.8) is 0 Å². The van der Waals surface area contributed by atoms with Gasteiger partial charge in [-0.15, -0.1) is 0 Å². The highest BCUT2D eigenvalue weighted by Gasteiger charge is 2.10. The number of anilines is 1. The number of methoxy groups -OCH3 is 1. The Kier molecular flexibility index (Phi) is 6.01. The second-order valence-electron chi connectivity index (χ2n) is 4.84. The third kappa shape index (κ3) is 4.61. The van der Waals surface area contributed by atoms with Crippen LogP contribution in [0.4, 0.5) is 5.82 Å². The summed E-state index contributed by atoms with van der Waals surface area (Å²) in [5.41, 5.74) is 0. The van der Waals surface area contributed by atoms with Crippen molar-refractivity contribution in [2.24, 2.45) is 0 Å². The number of rotatable bonds is 7. The Morgan fingerprint density at radius 1 is 1.35 bits per heavy atom. The van der Waals surface area contributed by atoms with Crippen molar-refractivity contribution in [1.29, 1.82) is 0 Å². The normalized spacial score (nSPS) is 16.1. The second kappa shape index (κ2) is 8.01. The maximum atomic E-state index is 5.34. The molecule has 1 aliphatic rings. The van der Waals surface area contributed by atoms with Crippen molar-refractivity contribution in [3.05, 3.63) is 11.9 Å². The van der Waals surface area contributed by atoms with Crippen LogP contribution in [0.25, 0.3) is 0 Å². The average molecular weight is 280 g/mol. The number of hydrogen-bond acceptors (Lipinski definition) is 6. The smallest absolute Gasteiger partial charge is 0.218 e. The van der Waals surface area contributed by atoms with Gasteiger partial charge in [-0.2, -0.15) is 4.98 Å². The van der Waals surface area contributed by atoms with Gasteiger partial charge in [0.05, 0.1) is 20.3 Å². The van der Waals surface area contributed by atoms with E-state index in [9.17, 15) is 0 Å². The summed E-state index contributed by atoms with van der Waals surface area (Å²) in [5, 5.41) is 3.35. The summed E-state index contributed by atoms with van der Waals surface area (Å²) in [6.45, 7) is 7.68. The van der Waals surface area contributed by atoms with Crippen LogP contribution in [0, 0.1) is 0 Å². The standard InChI is InChI=1S/C14H24N4O2/c1-3-4-12-16-13(11-14(17-12)19-2)15-5-6-18-7-9-20-10-8-18/h11H,3-10H2,1-2H3,(H,15,16,17). The van der Waals surface area contributed by atoms with Gasteiger partial charge in [-0.3, -0.25) is 4.90 Å². The van der Waals surface area contributed by atoms with Gasteiger partial charge in [0.2, 0.25) is 5.88 Å². The van der Waals surface area contributed by atoms with E-state index in [1.807, 2.05) is 6.07 Å². The van der Waals surface area contributed by atoms with E-state index in [1.165, 1.54) is 0 Å². The van der Waals surface area contributed by atoms with Crippen LogP contribution in [-0.4, -0.2) is 61.4 Å². The van der Waals surface area contributed by atoms with E-state index < -0.39 is 0 Å². The number of nitrogens with one attached hydrogen (secondary N) is 1. The molecule has 20 heavy (non-hydrogen) atoms. The quantitative estimate of drug-likeness (QED) is 0.809. The van der Waals surface area contributed by atoms with Crippen molar-refractivity contribution in [2.75, 3.05) is 51.8 Å². The van der Waals surface area contributed by atoms with E-state index in [2.05, 4.69) is 27.1 Å². The number of ether oxygens (including phenoxy) is 2. The van der Waals surface area contributed by atoms with Crippen molar-refractivity contribution >= 4 is 5.82 Å². The molecule has 6 nitrogen and oxygen atoms in total. The van der Waals surface area contributed by atoms with Gasteiger partial charge in [0.1, 0.15) is 11.6 Å². The van der Waals surface area contributed by atoms with Gasteiger partial charge in [0.15, 0.2) is 0 Å². The number of aromatic nitrogens is 2. The Balaban J connectivity index is 1.85. The van der Waals surface area contributed by atoms with E-state index in [1.54, 1.807) is 7.11 Å². The van der Waals surface area contributed by atoms with Crippen molar-refractivity contribution in [2.45, 2.75) is 19.8 Å². The highest BCUT2D eigenvalue weighted by Crippen LogP contribution is 2.14. The zero-order valence-electron chi connectivity index (χ0n) is 12.4. The van der Waals surface area contributed by atoms with Crippen molar-refractivity contribution in [1.82, 2.24) is 14.9 Å². The molecule has 1 aromatic heterocycles. The summed E-state index contributed by atoms with van der Waals surface area (Å²) in [6, 6.07) is 1.85. The lowest BCUT2D eigenvalue weighted by atomic mass is 10.3. The molecule has 1 N–H and O–H groups in total. The van der Waals surface area contributed by atoms with Gasteiger partial charge in [-0.1, -0.05) is 6.92 Å². The van der Waals surface area contributed by atoms with Crippen LogP contribution in [0.5, 0.6) is 5.88 Å². The number of nitrogens with zero attached hydrogens (tertiary/aromatic N) is 3. The average Bonchev–Trinajstić information content (AvgIpc) is 2.48. The van der Waals surface area contributed by atoms with Crippen LogP contribution in [0.1, 0.15) is 19.2 Å². The van der Waals surface area contributed by atoms with Gasteiger partial charge < -0.3 is 14.8 Å². The van der Waals surface area contributed by atoms with Gasteiger partial charge in [-0.25, -0.2) is 4.98 Å². The molecule has 6 heteroatoms. The second-order valence-corrected chi connectivity index (χ2v) is 4.84. The molecule has 1 aliphatic heterocycles. The Morgan fingerprint density at radius 2 is 2.15 bits per heavy atom. The van der Waals surface area contributed by atoms with E-state index >= 15 is 0 Å². The third-order valence-corrected chi connectivity index (χ3v) is 3.27. The van der Waals surface area contributed by atoms with Crippen molar-refractivity contribution < 1.29 is 9.47 Å². The Bertz CT molecular complexity index is 408. The summed E-state index contributed by atoms with van der Waals surface area (Å²) < 4.78 is 10.6. The Hall–Kier alpha value is -1.40. The molecular weight excluding hydrogens is 256 g/mol. The van der Waals surface area contributed by atoms with Crippen LogP contribution < -0.4 is 10.1 Å². The lowest BCUT2D eigenvalue weighted by Crippen LogP contribution is -2.39. The molecule has 0 atom stereocenters. The number of morpholine rings is 1. The van der Waals surface area contributed by atoms with Gasteiger partial charge in [-0.05, 0) is 6.42 Å². The maximum absolute atomic E-state index is 5.34. The highest BCUT2D eigenvalue weighted by atomic mass is 16.5. The first-order chi connectivity index (χ1) is 9.81. The lowest BCUT2D eigenvalue weighted by Gasteiger charge is -2.26. The summed E-state index contributed by atoms with van der Waals surface area (Å²) in [4.78, 5) is 11.2. The molecule has 112 valence electrons. The molecule has 0 radical (unpaired) electrons. The van der Waals surface area contributed by atoms with E-state index in [-0.39, 0.29) is 0 Å². The predicted octanol–water partition coefficient (Wildman–Crippen LogP) is 1.18. The van der Waals surface area contributed by atoms with E-state index in [0.29, 0.717) is 5.88 Å². The Morgan fingerprint density at radius 3 is 2.85 bits per heavy atom. The van der Waals surface area contributed by atoms with Gasteiger partial charge in [0, 0.05) is 38.7 Å². The molecule has 0 unspecified atom stereocenters. The molecule has 2 heterocycles. The minimum absolute atomic E-state index is 0.623. The summed E-state index contributed by atoms with van der Waals surface area (Å²) in [7, 11) is 1.63. The zero-order chi connectivity index (χ0) is 14.2. The first-order valence-electron chi connectivity index (χ1n) is 7.27. The van der Waals surface area contributed by atoms with Crippen LogP contribution in [0.3, 0.4) is 0 Å². The Labute approximate surface area is 120 Å². The fraction of sp³-hybridized carbons (Fsp3) is 0.714. The zero-order valence-corrected chi connectivity index (χ0v) is 12.4. The molecule has 2 rings (SSSR count). The predicted molar refractivity (Wildman–Crippen MR) is 78.3 cm³/mol. The largest absolute Gasteiger partial charge is 0.481 e. The summed E-state index contributed by atoms with van der Waals surface area (Å²) >= 11 is 0. The molecular formula is C14H24N4O2. The molecule has 0 aliphatic carbocycles. The molecule has 1 fully saturated rings. The maximum Gasteiger partial charge on any atom is 0.218 e. The fourth-order valence-electron chi connectivity index (χ4n) is 2.17. The molecule has 0 spiro atoms. The number of aryl methyl sites for hydroxylation is 1. The number of hydrogen-bond donors (Lipinski definition) is 1. The molecule has 0 amide bonds. The van der Waals surface area contributed by atoms with Crippen LogP contribution in [0.2, 0.25) is 0 Å². The highest BCUT2D eigenvalue weighted by molar-refractivity contribution is 5.38. The SMILES string of the molecule is CCCc1nc(NCCN2CCOCC2)cc(OC)n1. The lowest BCUT2D eigenvalue weighted by molar-refractivity contribution is 0.0398. The minimum Gasteiger partial charge on any atom is -0.481 e. The molecule has 1 saturated heterocycles. The molecule has 0 bridgehead atoms. The van der Waals surface area contributed by atoms with Gasteiger partial charge >= 0.3 is 0 Å². The first kappa shape index (κ1) is 15.0. The third-order valence-electron chi connectivity index (χ3n) is 3.27. The first-order valence-corrected chi connectivity index (χ1v) is 7.27. The molecule has 1 aromatic rings.